The zero-order valence-corrected chi connectivity index (χ0v) is 31.5. The number of rotatable bonds is 6. The van der Waals surface area contributed by atoms with E-state index in [0.717, 1.165) is 17.1 Å². The van der Waals surface area contributed by atoms with Crippen LogP contribution in [0.3, 0.4) is 0 Å². The van der Waals surface area contributed by atoms with Crippen molar-refractivity contribution in [3.05, 3.63) is 264 Å². The maximum Gasteiger partial charge on any atom is 0.0642 e. The van der Waals surface area contributed by atoms with Crippen LogP contribution in [0.4, 0.5) is 17.1 Å². The van der Waals surface area contributed by atoms with E-state index in [9.17, 15) is 0 Å². The first-order valence-corrected chi connectivity index (χ1v) is 19.8. The molecule has 0 aromatic heterocycles. The third-order valence-corrected chi connectivity index (χ3v) is 12.5. The van der Waals surface area contributed by atoms with E-state index >= 15 is 0 Å². The van der Waals surface area contributed by atoms with Crippen molar-refractivity contribution in [2.75, 3.05) is 4.90 Å². The molecule has 1 spiro atoms. The summed E-state index contributed by atoms with van der Waals surface area (Å²) in [6.45, 7) is 0. The van der Waals surface area contributed by atoms with E-state index < -0.39 is 10.8 Å². The van der Waals surface area contributed by atoms with Gasteiger partial charge in [-0.2, -0.15) is 0 Å². The number of hydrogen-bond acceptors (Lipinski definition) is 1. The topological polar surface area (TPSA) is 3.24 Å². The summed E-state index contributed by atoms with van der Waals surface area (Å²) in [6.07, 6.45) is 4.87. The molecule has 1 atom stereocenters. The van der Waals surface area contributed by atoms with Gasteiger partial charge in [-0.05, 0) is 91.4 Å². The summed E-state index contributed by atoms with van der Waals surface area (Å²) in [6, 6.07) is 82.9. The second-order valence-electron chi connectivity index (χ2n) is 15.2. The summed E-state index contributed by atoms with van der Waals surface area (Å²) in [5.74, 6) is 0. The maximum absolute atomic E-state index is 2.51. The Hall–Kier alpha value is -7.22. The first kappa shape index (κ1) is 33.1. The van der Waals surface area contributed by atoms with E-state index in [1.54, 1.807) is 0 Å². The molecule has 11 rings (SSSR count). The molecule has 0 radical (unpaired) electrons. The molecule has 2 aliphatic carbocycles. The van der Waals surface area contributed by atoms with Gasteiger partial charge < -0.3 is 4.90 Å². The Labute approximate surface area is 334 Å². The van der Waals surface area contributed by atoms with Gasteiger partial charge in [0, 0.05) is 16.8 Å². The zero-order valence-electron chi connectivity index (χ0n) is 31.5. The fourth-order valence-corrected chi connectivity index (χ4v) is 10.1. The molecule has 0 amide bonds. The molecule has 57 heavy (non-hydrogen) atoms. The molecule has 0 bridgehead atoms. The van der Waals surface area contributed by atoms with E-state index in [1.165, 1.54) is 66.4 Å². The van der Waals surface area contributed by atoms with Crippen LogP contribution < -0.4 is 4.90 Å². The molecule has 0 heterocycles. The van der Waals surface area contributed by atoms with E-state index in [1.807, 2.05) is 0 Å². The average Bonchev–Trinajstić information content (AvgIpc) is 3.58. The van der Waals surface area contributed by atoms with Crippen molar-refractivity contribution >= 4 is 33.9 Å². The zero-order chi connectivity index (χ0) is 37.8. The van der Waals surface area contributed by atoms with Crippen LogP contribution in [0, 0.1) is 0 Å². The van der Waals surface area contributed by atoms with Crippen LogP contribution in [0.5, 0.6) is 0 Å². The van der Waals surface area contributed by atoms with Crippen LogP contribution in [0.15, 0.2) is 231 Å². The van der Waals surface area contributed by atoms with Crippen LogP contribution in [0.2, 0.25) is 0 Å². The molecular formula is C56H39N. The number of anilines is 3. The van der Waals surface area contributed by atoms with Gasteiger partial charge in [-0.25, -0.2) is 0 Å². The Kier molecular flexibility index (Phi) is 7.69. The van der Waals surface area contributed by atoms with Crippen LogP contribution in [-0.4, -0.2) is 0 Å². The van der Waals surface area contributed by atoms with Gasteiger partial charge in [-0.1, -0.05) is 206 Å². The molecule has 0 saturated carbocycles. The lowest BCUT2D eigenvalue weighted by atomic mass is 9.48. The quantitative estimate of drug-likeness (QED) is 0.165. The van der Waals surface area contributed by atoms with Gasteiger partial charge in [0.1, 0.15) is 0 Å². The lowest BCUT2D eigenvalue weighted by molar-refractivity contribution is 0.438. The van der Waals surface area contributed by atoms with E-state index in [2.05, 4.69) is 242 Å². The third kappa shape index (κ3) is 4.89. The van der Waals surface area contributed by atoms with Gasteiger partial charge in [0.2, 0.25) is 0 Å². The fourth-order valence-electron chi connectivity index (χ4n) is 10.1. The Balaban J connectivity index is 1.24. The largest absolute Gasteiger partial charge is 0.310 e. The summed E-state index contributed by atoms with van der Waals surface area (Å²) < 4.78 is 0. The minimum Gasteiger partial charge on any atom is -0.310 e. The molecule has 1 heteroatoms. The molecule has 9 aromatic rings. The van der Waals surface area contributed by atoms with Crippen LogP contribution in [0.1, 0.15) is 33.4 Å². The Bertz CT molecular complexity index is 2900. The highest BCUT2D eigenvalue weighted by molar-refractivity contribution is 6.00. The normalized spacial score (nSPS) is 15.9. The highest BCUT2D eigenvalue weighted by Crippen LogP contribution is 2.66. The molecule has 1 nitrogen and oxygen atoms in total. The monoisotopic (exact) mass is 725 g/mol. The predicted molar refractivity (Wildman–Crippen MR) is 239 cm³/mol. The van der Waals surface area contributed by atoms with E-state index in [4.69, 9.17) is 0 Å². The molecule has 0 aliphatic heterocycles. The first-order valence-electron chi connectivity index (χ1n) is 19.8. The molecule has 1 unspecified atom stereocenters. The van der Waals surface area contributed by atoms with Gasteiger partial charge in [0.05, 0.1) is 16.5 Å². The van der Waals surface area contributed by atoms with Gasteiger partial charge in [-0.15, -0.1) is 0 Å². The summed E-state index contributed by atoms with van der Waals surface area (Å²) in [7, 11) is 0. The van der Waals surface area contributed by atoms with Gasteiger partial charge in [0.15, 0.2) is 0 Å². The number of allylic oxidation sites excluding steroid dienone is 1. The summed E-state index contributed by atoms with van der Waals surface area (Å²) in [5.41, 5.74) is 14.9. The highest BCUT2D eigenvalue weighted by Gasteiger charge is 2.61. The Morgan fingerprint density at radius 1 is 0.368 bits per heavy atom. The smallest absolute Gasteiger partial charge is 0.0642 e. The van der Waals surface area contributed by atoms with Crippen molar-refractivity contribution in [3.63, 3.8) is 0 Å². The van der Waals surface area contributed by atoms with Crippen molar-refractivity contribution < 1.29 is 0 Å². The first-order chi connectivity index (χ1) is 28.3. The van der Waals surface area contributed by atoms with E-state index in [0.29, 0.717) is 0 Å². The molecule has 9 aromatic carbocycles. The van der Waals surface area contributed by atoms with Crippen molar-refractivity contribution in [1.82, 2.24) is 0 Å². The lowest BCUT2D eigenvalue weighted by Gasteiger charge is -2.52. The molecule has 0 saturated heterocycles. The predicted octanol–water partition coefficient (Wildman–Crippen LogP) is 14.3. The highest BCUT2D eigenvalue weighted by atomic mass is 15.1. The minimum atomic E-state index is -0.607. The van der Waals surface area contributed by atoms with Crippen molar-refractivity contribution in [3.8, 4) is 22.3 Å². The number of nitrogens with zero attached hydrogens (tertiary/aromatic N) is 1. The second-order valence-corrected chi connectivity index (χ2v) is 15.2. The molecule has 0 N–H and O–H groups in total. The molecule has 0 fully saturated rings. The minimum absolute atomic E-state index is 0.578. The summed E-state index contributed by atoms with van der Waals surface area (Å²) in [4.78, 5) is 2.46. The number of benzene rings is 9. The van der Waals surface area contributed by atoms with Crippen LogP contribution in [0.25, 0.3) is 39.1 Å². The molecule has 268 valence electrons. The van der Waals surface area contributed by atoms with E-state index in [-0.39, 0.29) is 0 Å². The standard InChI is InChI=1S/C56H39N/c1-4-17-40(18-5-1)41-31-33-46(34-32-41)57(54-30-16-21-42-19-10-12-26-48(42)54)47-35-36-50-49-27-13-15-29-52(49)56(53(50)39-47)51-28-14-11-20-43(51)37-38-55(56,44-22-6-2-7-23-44)45-24-8-3-9-25-45/h1-39H. The van der Waals surface area contributed by atoms with Crippen molar-refractivity contribution in [2.45, 2.75) is 10.8 Å². The van der Waals surface area contributed by atoms with Crippen LogP contribution in [-0.2, 0) is 10.8 Å². The van der Waals surface area contributed by atoms with Crippen molar-refractivity contribution in [1.29, 1.82) is 0 Å². The molecule has 2 aliphatic rings. The molecular weight excluding hydrogens is 687 g/mol. The second kappa shape index (κ2) is 13.2. The number of fused-ring (bicyclic) bond motifs is 8. The third-order valence-electron chi connectivity index (χ3n) is 12.5. The summed E-state index contributed by atoms with van der Waals surface area (Å²) >= 11 is 0. The maximum atomic E-state index is 2.51. The summed E-state index contributed by atoms with van der Waals surface area (Å²) in [5, 5.41) is 2.42. The van der Waals surface area contributed by atoms with Crippen LogP contribution >= 0.6 is 0 Å². The Morgan fingerprint density at radius 2 is 0.930 bits per heavy atom. The van der Waals surface area contributed by atoms with Gasteiger partial charge in [-0.3, -0.25) is 0 Å². The van der Waals surface area contributed by atoms with Gasteiger partial charge >= 0.3 is 0 Å². The average molecular weight is 726 g/mol. The van der Waals surface area contributed by atoms with Gasteiger partial charge in [0.25, 0.3) is 0 Å². The van der Waals surface area contributed by atoms with Crippen molar-refractivity contribution in [2.24, 2.45) is 0 Å². The Morgan fingerprint density at radius 3 is 1.68 bits per heavy atom. The fraction of sp³-hybridized carbons (Fsp3) is 0.0357. The number of hydrogen-bond donors (Lipinski definition) is 0. The lowest BCUT2D eigenvalue weighted by Crippen LogP contribution is -2.51. The SMILES string of the molecule is C1=CC(c2ccccc2)(c2ccccc2)C2(c3ccccc31)c1ccccc1-c1ccc(N(c3ccc(-c4ccccc4)cc3)c3cccc4ccccc34)cc12.